The summed E-state index contributed by atoms with van der Waals surface area (Å²) in [4.78, 5) is 26.8. The van der Waals surface area contributed by atoms with E-state index >= 15 is 0 Å². The van der Waals surface area contributed by atoms with Gasteiger partial charge in [-0.3, -0.25) is 4.79 Å². The molecule has 7 heteroatoms. The van der Waals surface area contributed by atoms with Crippen LogP contribution in [-0.4, -0.2) is 60.3 Å². The van der Waals surface area contributed by atoms with Gasteiger partial charge in [-0.25, -0.2) is 0 Å². The van der Waals surface area contributed by atoms with Gasteiger partial charge in [0.1, 0.15) is 17.8 Å². The van der Waals surface area contributed by atoms with Crippen molar-refractivity contribution in [2.75, 3.05) is 13.2 Å². The molecule has 0 aromatic carbocycles. The van der Waals surface area contributed by atoms with Crippen molar-refractivity contribution in [2.24, 2.45) is 57.7 Å². The van der Waals surface area contributed by atoms with Crippen molar-refractivity contribution in [1.29, 1.82) is 0 Å². The van der Waals surface area contributed by atoms with Gasteiger partial charge in [-0.05, 0) is 61.7 Å². The first-order chi connectivity index (χ1) is 17.6. The minimum Gasteiger partial charge on any atom is -0.481 e. The van der Waals surface area contributed by atoms with Crippen LogP contribution in [0.2, 0.25) is 0 Å². The van der Waals surface area contributed by atoms with E-state index in [1.54, 1.807) is 0 Å². The molecule has 6 rings (SSSR count). The standard InChI is InChI=1S/C30H44O7/c1-6-18-12-35-25-17(5)37-26(24(32)23(18)25)36-14-29-11-20-16(4)7-8-21(20)28(13-31)10-19(29)9-22(15(2)3)30(28,29)27(33)34/h9,13,15-21,23-26,32H,6-8,10-12,14H2,1-5H3,(H,33,34)/t16-,17-,18-,19?,20-,21-,23+,24+,25-,26-,28?,29?,30?/m1/s1. The van der Waals surface area contributed by atoms with Crippen molar-refractivity contribution >= 4 is 12.3 Å². The summed E-state index contributed by atoms with van der Waals surface area (Å²) in [6.45, 7) is 11.2. The molecule has 0 amide bonds. The first kappa shape index (κ1) is 26.0. The topological polar surface area (TPSA) is 102 Å². The Morgan fingerprint density at radius 2 is 2.03 bits per heavy atom. The number of carbonyl (C=O) groups is 2. The zero-order chi connectivity index (χ0) is 26.5. The van der Waals surface area contributed by atoms with Crippen molar-refractivity contribution in [2.45, 2.75) is 91.3 Å². The van der Waals surface area contributed by atoms with Gasteiger partial charge in [-0.15, -0.1) is 0 Å². The molecule has 2 saturated heterocycles. The van der Waals surface area contributed by atoms with Crippen LogP contribution in [-0.2, 0) is 23.8 Å². The minimum absolute atomic E-state index is 0.0220. The van der Waals surface area contributed by atoms with Crippen LogP contribution in [0.3, 0.4) is 0 Å². The summed E-state index contributed by atoms with van der Waals surface area (Å²) in [6.07, 6.45) is 5.37. The Morgan fingerprint density at radius 3 is 2.68 bits per heavy atom. The molecule has 206 valence electrons. The number of aliphatic hydroxyl groups excluding tert-OH is 1. The molecule has 0 aromatic heterocycles. The lowest BCUT2D eigenvalue weighted by Gasteiger charge is -2.58. The third kappa shape index (κ3) is 2.98. The smallest absolute Gasteiger partial charge is 0.315 e. The molecule has 2 heterocycles. The Kier molecular flexibility index (Phi) is 6.04. The number of carboxylic acids is 1. The van der Waals surface area contributed by atoms with Gasteiger partial charge in [0.2, 0.25) is 0 Å². The number of ether oxygens (including phenoxy) is 3. The summed E-state index contributed by atoms with van der Waals surface area (Å²) >= 11 is 0. The maximum absolute atomic E-state index is 13.6. The summed E-state index contributed by atoms with van der Waals surface area (Å²) < 4.78 is 18.7. The highest BCUT2D eigenvalue weighted by atomic mass is 16.7. The van der Waals surface area contributed by atoms with Crippen molar-refractivity contribution in [3.8, 4) is 0 Å². The molecule has 6 aliphatic rings. The third-order valence-electron chi connectivity index (χ3n) is 12.1. The first-order valence-electron chi connectivity index (χ1n) is 14.6. The Morgan fingerprint density at radius 1 is 1.27 bits per heavy atom. The number of aliphatic hydroxyl groups is 1. The number of fused-ring (bicyclic) bond motifs is 3. The second-order valence-corrected chi connectivity index (χ2v) is 13.5. The molecule has 5 fully saturated rings. The average molecular weight is 517 g/mol. The lowest BCUT2D eigenvalue weighted by atomic mass is 9.43. The third-order valence-corrected chi connectivity index (χ3v) is 12.1. The molecule has 0 radical (unpaired) electrons. The molecule has 2 aliphatic heterocycles. The molecule has 7 nitrogen and oxygen atoms in total. The minimum atomic E-state index is -1.28. The van der Waals surface area contributed by atoms with Gasteiger partial charge in [0.15, 0.2) is 6.29 Å². The van der Waals surface area contributed by atoms with Crippen LogP contribution in [0.4, 0.5) is 0 Å². The molecule has 4 unspecified atom stereocenters. The number of aliphatic carboxylic acids is 1. The molecule has 3 saturated carbocycles. The SMILES string of the molecule is CC[C@@H]1CO[C@H]2[C@@H]1[C@H](O)[C@H](OCC13C[C@@H]4[C@H](C)CC[C@H]4C4(C=O)CC1C=C(C(C)C)C34C(=O)O)O[C@@H]2C. The van der Waals surface area contributed by atoms with E-state index in [9.17, 15) is 19.8 Å². The monoisotopic (exact) mass is 516 g/mol. The van der Waals surface area contributed by atoms with E-state index in [4.69, 9.17) is 14.2 Å². The quantitative estimate of drug-likeness (QED) is 0.388. The number of allylic oxidation sites excluding steroid dienone is 1. The molecule has 0 aromatic rings. The molecule has 0 spiro atoms. The first-order valence-corrected chi connectivity index (χ1v) is 14.6. The van der Waals surface area contributed by atoms with Gasteiger partial charge in [-0.2, -0.15) is 0 Å². The second-order valence-electron chi connectivity index (χ2n) is 13.5. The Balaban J connectivity index is 1.39. The van der Waals surface area contributed by atoms with E-state index in [-0.39, 0.29) is 48.4 Å². The number of hydrogen-bond donors (Lipinski definition) is 2. The van der Waals surface area contributed by atoms with Crippen molar-refractivity contribution in [3.05, 3.63) is 11.6 Å². The molecule has 4 aliphatic carbocycles. The van der Waals surface area contributed by atoms with Gasteiger partial charge in [0, 0.05) is 11.3 Å². The predicted octanol–water partition coefficient (Wildman–Crippen LogP) is 4.07. The number of carboxylic acid groups (broad SMARTS) is 1. The van der Waals surface area contributed by atoms with Crippen LogP contribution in [0.25, 0.3) is 0 Å². The van der Waals surface area contributed by atoms with Crippen LogP contribution >= 0.6 is 0 Å². The number of rotatable bonds is 7. The van der Waals surface area contributed by atoms with Crippen LogP contribution in [0.15, 0.2) is 11.6 Å². The van der Waals surface area contributed by atoms with Gasteiger partial charge < -0.3 is 29.2 Å². The average Bonchev–Trinajstić information content (AvgIpc) is 3.58. The predicted molar refractivity (Wildman–Crippen MR) is 135 cm³/mol. The lowest BCUT2D eigenvalue weighted by Crippen LogP contribution is -2.64. The Bertz CT molecular complexity index is 992. The molecular formula is C30H44O7. The van der Waals surface area contributed by atoms with Crippen LogP contribution in [0.1, 0.15) is 66.7 Å². The van der Waals surface area contributed by atoms with E-state index in [1.165, 1.54) is 0 Å². The lowest BCUT2D eigenvalue weighted by molar-refractivity contribution is -0.289. The van der Waals surface area contributed by atoms with Crippen molar-refractivity contribution in [1.82, 2.24) is 0 Å². The van der Waals surface area contributed by atoms with Gasteiger partial charge in [0.05, 0.1) is 30.8 Å². The second kappa shape index (κ2) is 8.61. The van der Waals surface area contributed by atoms with Crippen molar-refractivity contribution in [3.63, 3.8) is 0 Å². The molecule has 2 N–H and O–H groups in total. The summed E-state index contributed by atoms with van der Waals surface area (Å²) in [5, 5.41) is 22.5. The molecular weight excluding hydrogens is 472 g/mol. The summed E-state index contributed by atoms with van der Waals surface area (Å²) in [6, 6.07) is 0. The molecule has 13 atom stereocenters. The van der Waals surface area contributed by atoms with E-state index in [2.05, 4.69) is 33.8 Å². The summed E-state index contributed by atoms with van der Waals surface area (Å²) in [7, 11) is 0. The fraction of sp³-hybridized carbons (Fsp3) is 0.867. The van der Waals surface area contributed by atoms with Crippen LogP contribution in [0, 0.1) is 57.7 Å². The van der Waals surface area contributed by atoms with Crippen molar-refractivity contribution < 1.29 is 34.0 Å². The maximum atomic E-state index is 13.6. The number of carbonyl (C=O) groups excluding carboxylic acids is 1. The Hall–Kier alpha value is -1.28. The van der Waals surface area contributed by atoms with Gasteiger partial charge in [0.25, 0.3) is 0 Å². The largest absolute Gasteiger partial charge is 0.481 e. The highest BCUT2D eigenvalue weighted by Gasteiger charge is 2.84. The van der Waals surface area contributed by atoms with E-state index in [0.29, 0.717) is 24.9 Å². The van der Waals surface area contributed by atoms with E-state index < -0.39 is 34.6 Å². The zero-order valence-electron chi connectivity index (χ0n) is 22.9. The summed E-state index contributed by atoms with van der Waals surface area (Å²) in [5.74, 6) is 0.142. The normalized spacial score (nSPS) is 53.8. The maximum Gasteiger partial charge on any atom is 0.315 e. The highest BCUT2D eigenvalue weighted by Crippen LogP contribution is 2.82. The van der Waals surface area contributed by atoms with Crippen LogP contribution < -0.4 is 0 Å². The highest BCUT2D eigenvalue weighted by molar-refractivity contribution is 5.90. The Labute approximate surface area is 220 Å². The molecule has 4 bridgehead atoms. The fourth-order valence-corrected chi connectivity index (χ4v) is 10.6. The zero-order valence-corrected chi connectivity index (χ0v) is 22.9. The van der Waals surface area contributed by atoms with Gasteiger partial charge >= 0.3 is 5.97 Å². The van der Waals surface area contributed by atoms with Gasteiger partial charge in [-0.1, -0.05) is 52.2 Å². The number of hydrogen-bond acceptors (Lipinski definition) is 6. The van der Waals surface area contributed by atoms with E-state index in [0.717, 1.165) is 37.5 Å². The molecule has 37 heavy (non-hydrogen) atoms. The summed E-state index contributed by atoms with van der Waals surface area (Å²) in [5.41, 5.74) is -2.01. The van der Waals surface area contributed by atoms with Crippen LogP contribution in [0.5, 0.6) is 0 Å². The number of aldehydes is 1. The van der Waals surface area contributed by atoms with E-state index in [1.807, 2.05) is 6.92 Å². The fourth-order valence-electron chi connectivity index (χ4n) is 10.6.